The van der Waals surface area contributed by atoms with Gasteiger partial charge in [0.2, 0.25) is 0 Å². The van der Waals surface area contributed by atoms with Gasteiger partial charge in [-0.25, -0.2) is 9.59 Å². The minimum Gasteiger partial charge on any atom is -0.478 e. The summed E-state index contributed by atoms with van der Waals surface area (Å²) in [6, 6.07) is 9.31. The van der Waals surface area contributed by atoms with Crippen molar-refractivity contribution in [1.29, 1.82) is 0 Å². The molecule has 1 heterocycles. The van der Waals surface area contributed by atoms with E-state index in [1.807, 2.05) is 0 Å². The van der Waals surface area contributed by atoms with Crippen LogP contribution in [0.1, 0.15) is 36.7 Å². The number of benzene rings is 2. The van der Waals surface area contributed by atoms with Gasteiger partial charge in [-0.3, -0.25) is 4.79 Å². The smallest absolute Gasteiger partial charge is 0.408 e. The zero-order chi connectivity index (χ0) is 23.6. The van der Waals surface area contributed by atoms with Crippen LogP contribution in [0.5, 0.6) is 0 Å². The van der Waals surface area contributed by atoms with Crippen LogP contribution in [0.15, 0.2) is 45.8 Å². The summed E-state index contributed by atoms with van der Waals surface area (Å²) in [5.41, 5.74) is 0.593. The molecule has 0 spiro atoms. The van der Waals surface area contributed by atoms with Crippen LogP contribution in [-0.4, -0.2) is 40.5 Å². The van der Waals surface area contributed by atoms with Crippen molar-refractivity contribution < 1.29 is 24.2 Å². The molecule has 1 aliphatic rings. The van der Waals surface area contributed by atoms with Crippen LogP contribution in [-0.2, 0) is 16.1 Å². The highest BCUT2D eigenvalue weighted by Crippen LogP contribution is 2.39. The summed E-state index contributed by atoms with van der Waals surface area (Å²) in [6.45, 7) is 5.40. The fraction of sp³-hybridized carbons (Fsp3) is 0.318. The Hall–Kier alpha value is -2.23. The van der Waals surface area contributed by atoms with Gasteiger partial charge in [-0.1, -0.05) is 23.7 Å². The van der Waals surface area contributed by atoms with E-state index in [0.717, 1.165) is 10.5 Å². The zero-order valence-corrected chi connectivity index (χ0v) is 20.8. The molecule has 0 fully saturated rings. The molecule has 2 N–H and O–H groups in total. The maximum Gasteiger partial charge on any atom is 0.408 e. The summed E-state index contributed by atoms with van der Waals surface area (Å²) in [4.78, 5) is 39.7. The van der Waals surface area contributed by atoms with Crippen LogP contribution in [0, 0.1) is 0 Å². The number of nitrogens with one attached hydrogen (secondary N) is 1. The molecule has 170 valence electrons. The molecule has 2 amide bonds. The normalized spacial score (nSPS) is 16.2. The maximum absolute atomic E-state index is 13.5. The minimum atomic E-state index is -1.11. The minimum absolute atomic E-state index is 0.0387. The predicted molar refractivity (Wildman–Crippen MR) is 128 cm³/mol. The number of hydrogen-bond acceptors (Lipinski definition) is 5. The summed E-state index contributed by atoms with van der Waals surface area (Å²) in [5, 5.41) is 12.8. The lowest BCUT2D eigenvalue weighted by Gasteiger charge is -2.27. The van der Waals surface area contributed by atoms with Gasteiger partial charge < -0.3 is 20.1 Å². The Morgan fingerprint density at radius 3 is 2.53 bits per heavy atom. The predicted octanol–water partition coefficient (Wildman–Crippen LogP) is 5.33. The second-order valence-electron chi connectivity index (χ2n) is 8.17. The van der Waals surface area contributed by atoms with Crippen molar-refractivity contribution in [3.8, 4) is 0 Å². The van der Waals surface area contributed by atoms with Crippen molar-refractivity contribution in [1.82, 2.24) is 5.32 Å². The largest absolute Gasteiger partial charge is 0.478 e. The fourth-order valence-electron chi connectivity index (χ4n) is 3.07. The Kier molecular flexibility index (Phi) is 7.42. The lowest BCUT2D eigenvalue weighted by Crippen LogP contribution is -2.50. The molecule has 0 bridgehead atoms. The zero-order valence-electron chi connectivity index (χ0n) is 17.6. The number of carbonyl (C=O) groups is 3. The van der Waals surface area contributed by atoms with E-state index in [1.165, 1.54) is 22.7 Å². The highest BCUT2D eigenvalue weighted by Gasteiger charge is 2.34. The molecular weight excluding hydrogens is 520 g/mol. The second-order valence-corrected chi connectivity index (χ2v) is 10.5. The number of halogens is 2. The standard InChI is InChI=1S/C22H22BrClN2O5S/c1-22(2,3)31-21(30)25-16-11-32-18-9-15(23)14(20(28)29)8-17(18)26(19(16)27)10-12-4-6-13(24)7-5-12/h4-9,16H,10-11H2,1-3H3,(H,25,30)(H,28,29). The number of anilines is 1. The number of fused-ring (bicyclic) bond motifs is 1. The van der Waals surface area contributed by atoms with E-state index < -0.39 is 23.7 Å². The quantitative estimate of drug-likeness (QED) is 0.543. The number of alkyl carbamates (subject to hydrolysis) is 1. The summed E-state index contributed by atoms with van der Waals surface area (Å²) in [5.74, 6) is -1.21. The molecule has 1 aliphatic heterocycles. The van der Waals surface area contributed by atoms with Gasteiger partial charge in [-0.2, -0.15) is 0 Å². The number of carbonyl (C=O) groups excluding carboxylic acids is 2. The fourth-order valence-corrected chi connectivity index (χ4v) is 4.95. The summed E-state index contributed by atoms with van der Waals surface area (Å²) in [7, 11) is 0. The Morgan fingerprint density at radius 1 is 1.28 bits per heavy atom. The van der Waals surface area contributed by atoms with Crippen molar-refractivity contribution in [2.24, 2.45) is 0 Å². The highest BCUT2D eigenvalue weighted by molar-refractivity contribution is 9.10. The average Bonchev–Trinajstić information content (AvgIpc) is 2.79. The Balaban J connectivity index is 2.00. The third-order valence-corrected chi connectivity index (χ3v) is 6.53. The van der Waals surface area contributed by atoms with Crippen molar-refractivity contribution in [2.45, 2.75) is 43.9 Å². The third-order valence-electron chi connectivity index (χ3n) is 4.48. The number of carboxylic acids is 1. The number of amides is 2. The van der Waals surface area contributed by atoms with Gasteiger partial charge in [-0.05, 0) is 66.5 Å². The average molecular weight is 542 g/mol. The third kappa shape index (κ3) is 5.96. The van der Waals surface area contributed by atoms with E-state index in [0.29, 0.717) is 15.2 Å². The van der Waals surface area contributed by atoms with Crippen molar-refractivity contribution in [3.63, 3.8) is 0 Å². The Bertz CT molecular complexity index is 1060. The first-order valence-electron chi connectivity index (χ1n) is 9.69. The number of hydrogen-bond donors (Lipinski definition) is 2. The first-order chi connectivity index (χ1) is 14.9. The van der Waals surface area contributed by atoms with E-state index in [2.05, 4.69) is 21.2 Å². The molecule has 7 nitrogen and oxygen atoms in total. The molecule has 2 aromatic carbocycles. The molecule has 32 heavy (non-hydrogen) atoms. The molecule has 10 heteroatoms. The maximum atomic E-state index is 13.5. The van der Waals surface area contributed by atoms with Crippen LogP contribution in [0.4, 0.5) is 10.5 Å². The van der Waals surface area contributed by atoms with Gasteiger partial charge in [0.1, 0.15) is 11.6 Å². The number of rotatable bonds is 4. The van der Waals surface area contributed by atoms with E-state index in [1.54, 1.807) is 51.1 Å². The lowest BCUT2D eigenvalue weighted by molar-refractivity contribution is -0.120. The van der Waals surface area contributed by atoms with Crippen LogP contribution in [0.2, 0.25) is 5.02 Å². The number of aromatic carboxylic acids is 1. The summed E-state index contributed by atoms with van der Waals surface area (Å²) >= 11 is 10.6. The second kappa shape index (κ2) is 9.72. The van der Waals surface area contributed by atoms with Gasteiger partial charge in [-0.15, -0.1) is 11.8 Å². The van der Waals surface area contributed by atoms with Crippen LogP contribution in [0.3, 0.4) is 0 Å². The van der Waals surface area contributed by atoms with Gasteiger partial charge in [0.05, 0.1) is 17.8 Å². The SMILES string of the molecule is CC(C)(C)OC(=O)NC1CSc2cc(Br)c(C(=O)O)cc2N(Cc2ccc(Cl)cc2)C1=O. The Labute approximate surface area is 203 Å². The number of carboxylic acid groups (broad SMARTS) is 1. The molecule has 0 saturated heterocycles. The lowest BCUT2D eigenvalue weighted by atomic mass is 10.1. The topological polar surface area (TPSA) is 95.9 Å². The number of thioether (sulfide) groups is 1. The first-order valence-corrected chi connectivity index (χ1v) is 11.9. The molecule has 2 aromatic rings. The molecular formula is C22H22BrClN2O5S. The van der Waals surface area contributed by atoms with Gasteiger partial charge in [0, 0.05) is 20.1 Å². The molecule has 0 radical (unpaired) electrons. The highest BCUT2D eigenvalue weighted by atomic mass is 79.9. The Morgan fingerprint density at radius 2 is 1.94 bits per heavy atom. The van der Waals surface area contributed by atoms with E-state index >= 15 is 0 Å². The van der Waals surface area contributed by atoms with Crippen LogP contribution in [0.25, 0.3) is 0 Å². The van der Waals surface area contributed by atoms with Gasteiger partial charge >= 0.3 is 12.1 Å². The summed E-state index contributed by atoms with van der Waals surface area (Å²) in [6.07, 6.45) is -0.693. The van der Waals surface area contributed by atoms with Crippen LogP contribution < -0.4 is 10.2 Å². The first kappa shape index (κ1) is 24.4. The summed E-state index contributed by atoms with van der Waals surface area (Å²) < 4.78 is 5.72. The van der Waals surface area contributed by atoms with Gasteiger partial charge in [0.15, 0.2) is 0 Å². The monoisotopic (exact) mass is 540 g/mol. The van der Waals surface area contributed by atoms with Crippen LogP contribution >= 0.6 is 39.3 Å². The van der Waals surface area contributed by atoms with Gasteiger partial charge in [0.25, 0.3) is 5.91 Å². The van der Waals surface area contributed by atoms with Crippen molar-refractivity contribution in [2.75, 3.05) is 10.7 Å². The molecule has 1 unspecified atom stereocenters. The number of ether oxygens (including phenoxy) is 1. The van der Waals surface area contributed by atoms with Crippen molar-refractivity contribution in [3.05, 3.63) is 57.0 Å². The van der Waals surface area contributed by atoms with E-state index in [-0.39, 0.29) is 23.8 Å². The molecule has 1 atom stereocenters. The molecule has 0 aromatic heterocycles. The molecule has 0 aliphatic carbocycles. The van der Waals surface area contributed by atoms with E-state index in [4.69, 9.17) is 16.3 Å². The van der Waals surface area contributed by atoms with Crippen molar-refractivity contribution >= 4 is 62.9 Å². The van der Waals surface area contributed by atoms with E-state index in [9.17, 15) is 19.5 Å². The molecule has 0 saturated carbocycles. The molecule has 3 rings (SSSR count). The number of nitrogens with zero attached hydrogens (tertiary/aromatic N) is 1.